The third-order valence-corrected chi connectivity index (χ3v) is 4.42. The van der Waals surface area contributed by atoms with Gasteiger partial charge in [-0.3, -0.25) is 0 Å². The Balaban J connectivity index is 1.91. The number of benzene rings is 2. The molecular weight excluding hydrogens is 280 g/mol. The summed E-state index contributed by atoms with van der Waals surface area (Å²) in [6.45, 7) is -0.284. The van der Waals surface area contributed by atoms with Gasteiger partial charge in [-0.25, -0.2) is 0 Å². The van der Waals surface area contributed by atoms with E-state index in [0.29, 0.717) is 5.56 Å². The van der Waals surface area contributed by atoms with Gasteiger partial charge in [0.25, 0.3) is 0 Å². The van der Waals surface area contributed by atoms with Crippen LogP contribution in [0, 0.1) is 5.92 Å². The van der Waals surface area contributed by atoms with Crippen molar-refractivity contribution in [3.63, 3.8) is 0 Å². The van der Waals surface area contributed by atoms with Crippen LogP contribution in [0.25, 0.3) is 0 Å². The van der Waals surface area contributed by atoms with E-state index < -0.39 is 23.7 Å². The molecule has 2 aromatic rings. The van der Waals surface area contributed by atoms with Crippen LogP contribution in [0.2, 0.25) is 0 Å². The summed E-state index contributed by atoms with van der Waals surface area (Å²) in [4.78, 5) is 0. The second kappa shape index (κ2) is 6.18. The predicted molar refractivity (Wildman–Crippen MR) is 82.1 cm³/mol. The van der Waals surface area contributed by atoms with E-state index in [1.807, 2.05) is 36.4 Å². The molecule has 0 spiro atoms. The van der Waals surface area contributed by atoms with Gasteiger partial charge in [-0.05, 0) is 11.1 Å². The standard InChI is InChI=1S/C18H20O4/c19-11-15-16(13-7-3-1-4-8-13)22-12-18(15,21)17(20)14-9-5-2-6-10-14/h1-10,15-17,19-21H,11-12H2/t15-,16+,17+,18-/m0/s1. The molecule has 0 amide bonds. The summed E-state index contributed by atoms with van der Waals surface area (Å²) in [7, 11) is 0. The molecule has 4 atom stereocenters. The van der Waals surface area contributed by atoms with Gasteiger partial charge in [-0.2, -0.15) is 0 Å². The lowest BCUT2D eigenvalue weighted by Crippen LogP contribution is -2.45. The van der Waals surface area contributed by atoms with E-state index in [9.17, 15) is 15.3 Å². The molecule has 3 rings (SSSR count). The Labute approximate surface area is 129 Å². The van der Waals surface area contributed by atoms with E-state index in [-0.39, 0.29) is 13.2 Å². The molecule has 4 nitrogen and oxygen atoms in total. The maximum atomic E-state index is 11.0. The maximum Gasteiger partial charge on any atom is 0.126 e. The van der Waals surface area contributed by atoms with Crippen molar-refractivity contribution in [1.29, 1.82) is 0 Å². The van der Waals surface area contributed by atoms with Crippen LogP contribution in [0.15, 0.2) is 60.7 Å². The molecule has 4 heteroatoms. The van der Waals surface area contributed by atoms with Crippen LogP contribution in [-0.4, -0.2) is 34.1 Å². The van der Waals surface area contributed by atoms with E-state index >= 15 is 0 Å². The van der Waals surface area contributed by atoms with Crippen molar-refractivity contribution >= 4 is 0 Å². The van der Waals surface area contributed by atoms with Gasteiger partial charge in [-0.15, -0.1) is 0 Å². The largest absolute Gasteiger partial charge is 0.396 e. The molecule has 0 unspecified atom stereocenters. The Bertz CT molecular complexity index is 563. The monoisotopic (exact) mass is 300 g/mol. The van der Waals surface area contributed by atoms with Crippen LogP contribution >= 0.6 is 0 Å². The fraction of sp³-hybridized carbons (Fsp3) is 0.333. The van der Waals surface area contributed by atoms with Crippen molar-refractivity contribution in [3.05, 3.63) is 71.8 Å². The van der Waals surface area contributed by atoms with Gasteiger partial charge in [0.15, 0.2) is 0 Å². The van der Waals surface area contributed by atoms with E-state index in [2.05, 4.69) is 0 Å². The zero-order valence-corrected chi connectivity index (χ0v) is 12.2. The quantitative estimate of drug-likeness (QED) is 0.806. The fourth-order valence-electron chi connectivity index (χ4n) is 3.14. The average molecular weight is 300 g/mol. The van der Waals surface area contributed by atoms with E-state index in [0.717, 1.165) is 5.56 Å². The summed E-state index contributed by atoms with van der Waals surface area (Å²) in [5.74, 6) is -0.592. The minimum atomic E-state index is -1.52. The first-order valence-electron chi connectivity index (χ1n) is 7.39. The zero-order chi connectivity index (χ0) is 15.6. The van der Waals surface area contributed by atoms with Crippen LogP contribution in [0.1, 0.15) is 23.3 Å². The molecule has 0 bridgehead atoms. The summed E-state index contributed by atoms with van der Waals surface area (Å²) >= 11 is 0. The van der Waals surface area contributed by atoms with Crippen LogP contribution in [0.4, 0.5) is 0 Å². The number of ether oxygens (including phenoxy) is 1. The number of rotatable bonds is 4. The van der Waals surface area contributed by atoms with Crippen molar-refractivity contribution in [2.75, 3.05) is 13.2 Å². The molecule has 0 saturated carbocycles. The first-order valence-corrected chi connectivity index (χ1v) is 7.39. The number of aliphatic hydroxyl groups is 3. The first-order chi connectivity index (χ1) is 10.7. The van der Waals surface area contributed by atoms with Gasteiger partial charge in [0.1, 0.15) is 11.7 Å². The molecule has 116 valence electrons. The van der Waals surface area contributed by atoms with Gasteiger partial charge in [0.2, 0.25) is 0 Å². The van der Waals surface area contributed by atoms with E-state index in [1.165, 1.54) is 0 Å². The van der Waals surface area contributed by atoms with E-state index in [4.69, 9.17) is 4.74 Å². The highest BCUT2D eigenvalue weighted by atomic mass is 16.5. The molecule has 1 aliphatic rings. The molecule has 0 aliphatic carbocycles. The topological polar surface area (TPSA) is 69.9 Å². The summed E-state index contributed by atoms with van der Waals surface area (Å²) < 4.78 is 5.73. The highest BCUT2D eigenvalue weighted by Crippen LogP contribution is 2.46. The maximum absolute atomic E-state index is 11.0. The lowest BCUT2D eigenvalue weighted by molar-refractivity contribution is -0.110. The Morgan fingerprint density at radius 2 is 1.64 bits per heavy atom. The highest BCUT2D eigenvalue weighted by Gasteiger charge is 2.53. The minimum absolute atomic E-state index is 0.0200. The smallest absolute Gasteiger partial charge is 0.126 e. The van der Waals surface area contributed by atoms with Gasteiger partial charge in [0, 0.05) is 5.92 Å². The summed E-state index contributed by atoms with van der Waals surface area (Å²) in [6, 6.07) is 18.4. The lowest BCUT2D eigenvalue weighted by atomic mass is 9.78. The highest BCUT2D eigenvalue weighted by molar-refractivity contribution is 5.26. The fourth-order valence-corrected chi connectivity index (χ4v) is 3.14. The SMILES string of the molecule is OC[C@H]1[C@@H](c2ccccc2)OC[C@@]1(O)[C@H](O)c1ccccc1. The number of hydrogen-bond acceptors (Lipinski definition) is 4. The van der Waals surface area contributed by atoms with Crippen molar-refractivity contribution in [3.8, 4) is 0 Å². The Morgan fingerprint density at radius 3 is 2.23 bits per heavy atom. The van der Waals surface area contributed by atoms with Crippen molar-refractivity contribution in [1.82, 2.24) is 0 Å². The summed E-state index contributed by atoms with van der Waals surface area (Å²) in [5.41, 5.74) is -0.0186. The molecule has 1 fully saturated rings. The second-order valence-corrected chi connectivity index (χ2v) is 5.74. The molecule has 1 heterocycles. The van der Waals surface area contributed by atoms with Crippen molar-refractivity contribution in [2.45, 2.75) is 17.8 Å². The van der Waals surface area contributed by atoms with Crippen LogP contribution < -0.4 is 0 Å². The van der Waals surface area contributed by atoms with Crippen LogP contribution in [0.3, 0.4) is 0 Å². The number of hydrogen-bond donors (Lipinski definition) is 3. The lowest BCUT2D eigenvalue weighted by Gasteiger charge is -2.33. The van der Waals surface area contributed by atoms with Gasteiger partial charge >= 0.3 is 0 Å². The summed E-state index contributed by atoms with van der Waals surface area (Å²) in [6.07, 6.45) is -1.55. The van der Waals surface area contributed by atoms with Gasteiger partial charge in [0.05, 0.1) is 19.3 Å². The summed E-state index contributed by atoms with van der Waals surface area (Å²) in [5, 5.41) is 31.4. The number of aliphatic hydroxyl groups excluding tert-OH is 2. The Morgan fingerprint density at radius 1 is 1.05 bits per heavy atom. The average Bonchev–Trinajstić information content (AvgIpc) is 2.93. The molecule has 1 saturated heterocycles. The molecule has 0 aromatic heterocycles. The van der Waals surface area contributed by atoms with Crippen molar-refractivity contribution < 1.29 is 20.1 Å². The third kappa shape index (κ3) is 2.55. The van der Waals surface area contributed by atoms with Crippen LogP contribution in [-0.2, 0) is 4.74 Å². The minimum Gasteiger partial charge on any atom is -0.396 e. The molecule has 3 N–H and O–H groups in total. The Hall–Kier alpha value is -1.72. The molecule has 22 heavy (non-hydrogen) atoms. The van der Waals surface area contributed by atoms with Gasteiger partial charge in [-0.1, -0.05) is 60.7 Å². The van der Waals surface area contributed by atoms with Gasteiger partial charge < -0.3 is 20.1 Å². The zero-order valence-electron chi connectivity index (χ0n) is 12.2. The van der Waals surface area contributed by atoms with Crippen molar-refractivity contribution in [2.24, 2.45) is 5.92 Å². The van der Waals surface area contributed by atoms with Crippen LogP contribution in [0.5, 0.6) is 0 Å². The first kappa shape index (κ1) is 15.2. The molecule has 0 radical (unpaired) electrons. The molecule has 1 aliphatic heterocycles. The van der Waals surface area contributed by atoms with E-state index in [1.54, 1.807) is 24.3 Å². The normalized spacial score (nSPS) is 29.4. The Kier molecular flexibility index (Phi) is 4.27. The third-order valence-electron chi connectivity index (χ3n) is 4.42. The second-order valence-electron chi connectivity index (χ2n) is 5.74. The molecule has 2 aromatic carbocycles. The molecular formula is C18H20O4. The predicted octanol–water partition coefficient (Wildman–Crippen LogP) is 1.83.